The van der Waals surface area contributed by atoms with E-state index >= 15 is 0 Å². The highest BCUT2D eigenvalue weighted by Gasteiger charge is 2.48. The number of hydrogen-bond acceptors (Lipinski definition) is 7. The Balaban J connectivity index is 1.67. The highest BCUT2D eigenvalue weighted by atomic mass is 32.1. The summed E-state index contributed by atoms with van der Waals surface area (Å²) >= 11 is 1.30. The normalized spacial score (nSPS) is 16.5. The van der Waals surface area contributed by atoms with Crippen LogP contribution in [0.25, 0.3) is 16.0 Å². The summed E-state index contributed by atoms with van der Waals surface area (Å²) in [5, 5.41) is 11.7. The average Bonchev–Trinajstić information content (AvgIpc) is 3.49. The van der Waals surface area contributed by atoms with Crippen molar-refractivity contribution in [2.24, 2.45) is 0 Å². The lowest BCUT2D eigenvalue weighted by Gasteiger charge is -2.24. The van der Waals surface area contributed by atoms with Crippen molar-refractivity contribution >= 4 is 44.1 Å². The second-order valence-electron chi connectivity index (χ2n) is 10.1. The number of benzene rings is 3. The number of thiazole rings is 1. The number of aromatic nitrogens is 1. The van der Waals surface area contributed by atoms with E-state index in [2.05, 4.69) is 6.92 Å². The Morgan fingerprint density at radius 1 is 1.05 bits per heavy atom. The molecule has 5 rings (SSSR count). The number of nitrogens with zero attached hydrogens (tertiary/aromatic N) is 2. The molecule has 41 heavy (non-hydrogen) atoms. The van der Waals surface area contributed by atoms with Gasteiger partial charge in [-0.3, -0.25) is 14.5 Å². The third-order valence-electron chi connectivity index (χ3n) is 7.10. The van der Waals surface area contributed by atoms with Crippen molar-refractivity contribution in [2.45, 2.75) is 46.1 Å². The Morgan fingerprint density at radius 2 is 1.80 bits per heavy atom. The predicted molar refractivity (Wildman–Crippen MR) is 158 cm³/mol. The molecule has 0 aliphatic carbocycles. The molecule has 1 unspecified atom stereocenters. The molecule has 2 heterocycles. The standard InChI is InChI=1S/C32H31FN2O5S/c1-5-6-7-14-40-23-13-10-21(17-24(23)39-4)28-26(29(36)20-8-11-22(33)12-9-20)30(37)31(38)35(28)32-34-27-19(3)15-18(2)16-25(27)41-32/h8-13,15-17,28,36H,5-7,14H2,1-4H3. The SMILES string of the molecule is CCCCCOc1ccc(C2C(=C(O)c3ccc(F)cc3)C(=O)C(=O)N2c2nc3c(C)cc(C)cc3s2)cc1OC. The van der Waals surface area contributed by atoms with E-state index in [0.29, 0.717) is 28.8 Å². The number of fused-ring (bicyclic) bond motifs is 1. The first kappa shape index (κ1) is 28.3. The fourth-order valence-electron chi connectivity index (χ4n) is 5.08. The van der Waals surface area contributed by atoms with Gasteiger partial charge in [-0.25, -0.2) is 9.37 Å². The van der Waals surface area contributed by atoms with E-state index < -0.39 is 29.3 Å². The average molecular weight is 575 g/mol. The van der Waals surface area contributed by atoms with Gasteiger partial charge in [-0.1, -0.05) is 43.2 Å². The van der Waals surface area contributed by atoms with Crippen molar-refractivity contribution in [3.63, 3.8) is 0 Å². The first-order valence-electron chi connectivity index (χ1n) is 13.5. The van der Waals surface area contributed by atoms with E-state index in [1.165, 1.54) is 47.6 Å². The first-order valence-corrected chi connectivity index (χ1v) is 14.3. The van der Waals surface area contributed by atoms with E-state index in [9.17, 15) is 19.1 Å². The largest absolute Gasteiger partial charge is 0.507 e. The minimum atomic E-state index is -1.01. The summed E-state index contributed by atoms with van der Waals surface area (Å²) in [5.41, 5.74) is 3.37. The number of methoxy groups -OCH3 is 1. The second kappa shape index (κ2) is 11.7. The third kappa shape index (κ3) is 5.41. The number of rotatable bonds is 9. The number of amides is 1. The van der Waals surface area contributed by atoms with Crippen LogP contribution >= 0.6 is 11.3 Å². The fourth-order valence-corrected chi connectivity index (χ4v) is 6.25. The van der Waals surface area contributed by atoms with Crippen LogP contribution in [0.15, 0.2) is 60.2 Å². The van der Waals surface area contributed by atoms with Gasteiger partial charge >= 0.3 is 5.91 Å². The van der Waals surface area contributed by atoms with E-state index in [4.69, 9.17) is 14.5 Å². The van der Waals surface area contributed by atoms with Gasteiger partial charge < -0.3 is 14.6 Å². The van der Waals surface area contributed by atoms with Crippen molar-refractivity contribution in [2.75, 3.05) is 18.6 Å². The third-order valence-corrected chi connectivity index (χ3v) is 8.10. The van der Waals surface area contributed by atoms with Crippen LogP contribution < -0.4 is 14.4 Å². The molecule has 1 amide bonds. The van der Waals surface area contributed by atoms with Gasteiger partial charge in [-0.05, 0) is 79.4 Å². The van der Waals surface area contributed by atoms with Gasteiger partial charge in [-0.2, -0.15) is 0 Å². The second-order valence-corrected chi connectivity index (χ2v) is 11.1. The lowest BCUT2D eigenvalue weighted by atomic mass is 9.95. The lowest BCUT2D eigenvalue weighted by molar-refractivity contribution is -0.132. The molecular weight excluding hydrogens is 543 g/mol. The lowest BCUT2D eigenvalue weighted by Crippen LogP contribution is -2.29. The summed E-state index contributed by atoms with van der Waals surface area (Å²) in [6.45, 7) is 6.57. The van der Waals surface area contributed by atoms with Crippen LogP contribution in [-0.2, 0) is 9.59 Å². The molecule has 9 heteroatoms. The summed E-state index contributed by atoms with van der Waals surface area (Å²) in [4.78, 5) is 33.3. The number of aryl methyl sites for hydroxylation is 2. The number of halogens is 1. The van der Waals surface area contributed by atoms with Crippen LogP contribution in [0.5, 0.6) is 11.5 Å². The van der Waals surface area contributed by atoms with Crippen molar-refractivity contribution in [1.82, 2.24) is 4.98 Å². The molecule has 1 atom stereocenters. The van der Waals surface area contributed by atoms with Gasteiger partial charge in [0.25, 0.3) is 5.78 Å². The van der Waals surface area contributed by atoms with Crippen LogP contribution in [0.3, 0.4) is 0 Å². The zero-order chi connectivity index (χ0) is 29.3. The van der Waals surface area contributed by atoms with Gasteiger partial charge in [0.05, 0.1) is 35.5 Å². The maximum absolute atomic E-state index is 13.6. The van der Waals surface area contributed by atoms with Crippen molar-refractivity contribution in [1.29, 1.82) is 0 Å². The van der Waals surface area contributed by atoms with Crippen LogP contribution in [0, 0.1) is 19.7 Å². The van der Waals surface area contributed by atoms with Crippen LogP contribution in [0.2, 0.25) is 0 Å². The van der Waals surface area contributed by atoms with Crippen LogP contribution in [0.1, 0.15) is 54.5 Å². The molecule has 1 aliphatic heterocycles. The minimum Gasteiger partial charge on any atom is -0.507 e. The number of aliphatic hydroxyl groups is 1. The summed E-state index contributed by atoms with van der Waals surface area (Å²) < 4.78 is 26.1. The smallest absolute Gasteiger partial charge is 0.301 e. The quantitative estimate of drug-likeness (QED) is 0.0980. The molecule has 1 aliphatic rings. The number of anilines is 1. The van der Waals surface area contributed by atoms with E-state index in [-0.39, 0.29) is 11.1 Å². The molecule has 0 bridgehead atoms. The van der Waals surface area contributed by atoms with Crippen molar-refractivity contribution in [3.05, 3.63) is 88.2 Å². The maximum Gasteiger partial charge on any atom is 0.301 e. The minimum absolute atomic E-state index is 0.118. The van der Waals surface area contributed by atoms with Crippen LogP contribution in [0.4, 0.5) is 9.52 Å². The van der Waals surface area contributed by atoms with Gasteiger partial charge in [0.15, 0.2) is 16.6 Å². The number of unbranched alkanes of at least 4 members (excludes halogenated alkanes) is 2. The number of carbonyl (C=O) groups excluding carboxylic acids is 2. The molecule has 0 saturated carbocycles. The van der Waals surface area contributed by atoms with E-state index in [1.54, 1.807) is 18.2 Å². The van der Waals surface area contributed by atoms with Crippen molar-refractivity contribution < 1.29 is 28.6 Å². The Bertz CT molecular complexity index is 1660. The Kier molecular flexibility index (Phi) is 8.08. The number of Topliss-reactive ketones (excluding diaryl/α,β-unsaturated/α-hetero) is 1. The Labute approximate surface area is 241 Å². The monoisotopic (exact) mass is 574 g/mol. The fraction of sp³-hybridized carbons (Fsp3) is 0.281. The summed E-state index contributed by atoms with van der Waals surface area (Å²) in [7, 11) is 1.52. The molecule has 1 fully saturated rings. The predicted octanol–water partition coefficient (Wildman–Crippen LogP) is 7.26. The van der Waals surface area contributed by atoms with E-state index in [1.807, 2.05) is 26.0 Å². The molecule has 212 valence electrons. The first-order chi connectivity index (χ1) is 19.7. The number of carbonyl (C=O) groups is 2. The number of aliphatic hydroxyl groups excluding tert-OH is 1. The topological polar surface area (TPSA) is 89.0 Å². The van der Waals surface area contributed by atoms with Gasteiger partial charge in [-0.15, -0.1) is 0 Å². The summed E-state index contributed by atoms with van der Waals surface area (Å²) in [5.74, 6) is -1.59. The van der Waals surface area contributed by atoms with Gasteiger partial charge in [0.1, 0.15) is 11.6 Å². The van der Waals surface area contributed by atoms with Gasteiger partial charge in [0.2, 0.25) is 0 Å². The molecule has 1 N–H and O–H groups in total. The van der Waals surface area contributed by atoms with Gasteiger partial charge in [0, 0.05) is 5.56 Å². The van der Waals surface area contributed by atoms with Crippen LogP contribution in [-0.4, -0.2) is 35.5 Å². The molecule has 7 nitrogen and oxygen atoms in total. The summed E-state index contributed by atoms with van der Waals surface area (Å²) in [6, 6.07) is 13.3. The highest BCUT2D eigenvalue weighted by molar-refractivity contribution is 7.22. The summed E-state index contributed by atoms with van der Waals surface area (Å²) in [6.07, 6.45) is 3.01. The number of ether oxygens (including phenoxy) is 2. The van der Waals surface area contributed by atoms with E-state index in [0.717, 1.165) is 40.6 Å². The highest BCUT2D eigenvalue weighted by Crippen LogP contribution is 2.46. The zero-order valence-electron chi connectivity index (χ0n) is 23.4. The molecule has 3 aromatic carbocycles. The Hall–Kier alpha value is -4.24. The molecule has 1 saturated heterocycles. The number of ketones is 1. The molecule has 0 radical (unpaired) electrons. The maximum atomic E-state index is 13.6. The van der Waals surface area contributed by atoms with Crippen molar-refractivity contribution in [3.8, 4) is 11.5 Å². The molecule has 4 aromatic rings. The zero-order valence-corrected chi connectivity index (χ0v) is 24.2. The molecule has 1 aromatic heterocycles. The molecule has 0 spiro atoms. The Morgan fingerprint density at radius 3 is 2.51 bits per heavy atom. The number of hydrogen-bond donors (Lipinski definition) is 1. The molecular formula is C32H31FN2O5S.